The molecule has 176 valence electrons. The van der Waals surface area contributed by atoms with Crippen LogP contribution in [-0.2, 0) is 26.0 Å². The van der Waals surface area contributed by atoms with Gasteiger partial charge >= 0.3 is 5.97 Å². The first-order valence-electron chi connectivity index (χ1n) is 9.74. The summed E-state index contributed by atoms with van der Waals surface area (Å²) < 4.78 is 26.7. The minimum Gasteiger partial charge on any atom is -0.480 e. The van der Waals surface area contributed by atoms with Gasteiger partial charge in [-0.1, -0.05) is 23.7 Å². The lowest BCUT2D eigenvalue weighted by Crippen LogP contribution is -2.53. The molecule has 33 heavy (non-hydrogen) atoms. The summed E-state index contributed by atoms with van der Waals surface area (Å²) in [6.45, 7) is 0. The highest BCUT2D eigenvalue weighted by atomic mass is 35.5. The van der Waals surface area contributed by atoms with Gasteiger partial charge in [-0.3, -0.25) is 14.9 Å². The predicted molar refractivity (Wildman–Crippen MR) is 116 cm³/mol. The molecule has 1 aliphatic heterocycles. The van der Waals surface area contributed by atoms with Crippen LogP contribution < -0.4 is 5.32 Å². The van der Waals surface area contributed by atoms with Crippen LogP contribution in [0.2, 0.25) is 5.02 Å². The maximum absolute atomic E-state index is 13.1. The Morgan fingerprint density at radius 1 is 1.15 bits per heavy atom. The second-order valence-corrected chi connectivity index (χ2v) is 9.67. The summed E-state index contributed by atoms with van der Waals surface area (Å²) in [5, 5.41) is 33.4. The number of hydrogen-bond donors (Lipinski definition) is 3. The van der Waals surface area contributed by atoms with Crippen molar-refractivity contribution in [3.63, 3.8) is 0 Å². The number of rotatable bonds is 8. The summed E-state index contributed by atoms with van der Waals surface area (Å²) in [6, 6.07) is 7.67. The van der Waals surface area contributed by atoms with Crippen molar-refractivity contribution < 1.29 is 33.1 Å². The number of halogens is 1. The third-order valence-corrected chi connectivity index (χ3v) is 7.37. The fourth-order valence-electron chi connectivity index (χ4n) is 3.53. The van der Waals surface area contributed by atoms with Crippen molar-refractivity contribution in [3.05, 3.63) is 69.2 Å². The van der Waals surface area contributed by atoms with E-state index in [2.05, 4.69) is 5.32 Å². The van der Waals surface area contributed by atoms with Crippen LogP contribution in [0.25, 0.3) is 0 Å². The summed E-state index contributed by atoms with van der Waals surface area (Å²) in [5.74, 6) is -2.19. The number of nitrogens with one attached hydrogen (secondary N) is 1. The van der Waals surface area contributed by atoms with Crippen LogP contribution in [-0.4, -0.2) is 58.0 Å². The molecule has 0 aromatic heterocycles. The van der Waals surface area contributed by atoms with Gasteiger partial charge < -0.3 is 15.5 Å². The Morgan fingerprint density at radius 3 is 2.30 bits per heavy atom. The van der Waals surface area contributed by atoms with Gasteiger partial charge in [-0.25, -0.2) is 13.2 Å². The first kappa shape index (κ1) is 24.6. The highest BCUT2D eigenvalue weighted by Gasteiger charge is 2.45. The van der Waals surface area contributed by atoms with Gasteiger partial charge in [-0.2, -0.15) is 4.31 Å². The lowest BCUT2D eigenvalue weighted by atomic mass is 10.1. The number of nitro groups is 1. The lowest BCUT2D eigenvalue weighted by Gasteiger charge is -2.27. The molecule has 13 heteroatoms. The Morgan fingerprint density at radius 2 is 1.76 bits per heavy atom. The van der Waals surface area contributed by atoms with E-state index in [1.165, 1.54) is 0 Å². The molecule has 1 aliphatic rings. The highest BCUT2D eigenvalue weighted by molar-refractivity contribution is 7.89. The summed E-state index contributed by atoms with van der Waals surface area (Å²) in [4.78, 5) is 34.4. The average Bonchev–Trinajstić information content (AvgIpc) is 3.17. The SMILES string of the molecule is O=C(O)[C@H](Cc1ccc(Cl)cc1)NC(=O)[C@@H]1CCC(O)N1S(=O)(=O)c1ccc([N+](=O)[O-])cc1. The van der Waals surface area contributed by atoms with Gasteiger partial charge in [0.2, 0.25) is 15.9 Å². The van der Waals surface area contributed by atoms with E-state index in [0.717, 1.165) is 24.3 Å². The zero-order chi connectivity index (χ0) is 24.3. The number of aliphatic hydroxyl groups excluding tert-OH is 1. The number of amides is 1. The molecule has 3 atom stereocenters. The second-order valence-electron chi connectivity index (χ2n) is 7.39. The second kappa shape index (κ2) is 9.83. The van der Waals surface area contributed by atoms with Crippen LogP contribution in [0.15, 0.2) is 53.4 Å². The van der Waals surface area contributed by atoms with Crippen LogP contribution >= 0.6 is 11.6 Å². The molecule has 0 radical (unpaired) electrons. The number of carboxylic acids is 1. The fraction of sp³-hybridized carbons (Fsp3) is 0.300. The smallest absolute Gasteiger partial charge is 0.326 e. The molecule has 2 aromatic rings. The standard InChI is InChI=1S/C20H20ClN3O8S/c21-13-3-1-12(2-4-13)11-16(20(27)28)22-19(26)17-9-10-18(25)23(17)33(31,32)15-7-5-14(6-8-15)24(29)30/h1-8,16-18,25H,9-11H2,(H,22,26)(H,27,28)/t16-,17-,18?/m0/s1. The zero-order valence-electron chi connectivity index (χ0n) is 17.0. The van der Waals surface area contributed by atoms with E-state index in [9.17, 15) is 38.3 Å². The number of carboxylic acid groups (broad SMARTS) is 1. The molecule has 0 bridgehead atoms. The molecular weight excluding hydrogens is 478 g/mol. The largest absolute Gasteiger partial charge is 0.480 e. The van der Waals surface area contributed by atoms with Gasteiger partial charge in [0.15, 0.2) is 0 Å². The predicted octanol–water partition coefficient (Wildman–Crippen LogP) is 1.53. The maximum Gasteiger partial charge on any atom is 0.326 e. The molecule has 0 saturated carbocycles. The molecule has 1 heterocycles. The Bertz CT molecular complexity index is 1150. The van der Waals surface area contributed by atoms with Crippen molar-refractivity contribution in [2.45, 2.75) is 42.5 Å². The Hall–Kier alpha value is -3.06. The number of aliphatic hydroxyl groups is 1. The van der Waals surface area contributed by atoms with Crippen molar-refractivity contribution in [3.8, 4) is 0 Å². The van der Waals surface area contributed by atoms with Crippen LogP contribution in [0.5, 0.6) is 0 Å². The third-order valence-electron chi connectivity index (χ3n) is 5.19. The van der Waals surface area contributed by atoms with E-state index in [0.29, 0.717) is 14.9 Å². The molecule has 0 aliphatic carbocycles. The molecule has 1 amide bonds. The quantitative estimate of drug-likeness (QED) is 0.364. The Kier molecular flexibility index (Phi) is 7.32. The van der Waals surface area contributed by atoms with Crippen LogP contribution in [0.1, 0.15) is 18.4 Å². The lowest BCUT2D eigenvalue weighted by molar-refractivity contribution is -0.384. The fourth-order valence-corrected chi connectivity index (χ4v) is 5.34. The van der Waals surface area contributed by atoms with Crippen molar-refractivity contribution in [1.82, 2.24) is 9.62 Å². The number of benzene rings is 2. The van der Waals surface area contributed by atoms with Crippen molar-refractivity contribution >= 4 is 39.2 Å². The van der Waals surface area contributed by atoms with E-state index in [4.69, 9.17) is 11.6 Å². The van der Waals surface area contributed by atoms with Gasteiger partial charge in [0, 0.05) is 23.6 Å². The number of sulfonamides is 1. The molecule has 2 aromatic carbocycles. The number of hydrogen-bond acceptors (Lipinski definition) is 7. The number of carbonyl (C=O) groups is 2. The summed E-state index contributed by atoms with van der Waals surface area (Å²) in [5.41, 5.74) is 0.269. The summed E-state index contributed by atoms with van der Waals surface area (Å²) in [7, 11) is -4.41. The molecule has 1 saturated heterocycles. The van der Waals surface area contributed by atoms with Crippen LogP contribution in [0.4, 0.5) is 5.69 Å². The number of non-ortho nitro benzene ring substituents is 1. The minimum absolute atomic E-state index is 0.0352. The van der Waals surface area contributed by atoms with Gasteiger partial charge in [0.25, 0.3) is 5.69 Å². The minimum atomic E-state index is -4.41. The number of aliphatic carboxylic acids is 1. The van der Waals surface area contributed by atoms with Crippen molar-refractivity contribution in [1.29, 1.82) is 0 Å². The van der Waals surface area contributed by atoms with Gasteiger partial charge in [0.05, 0.1) is 9.82 Å². The summed E-state index contributed by atoms with van der Waals surface area (Å²) in [6.07, 6.45) is -1.66. The van der Waals surface area contributed by atoms with Crippen LogP contribution in [0.3, 0.4) is 0 Å². The molecular formula is C20H20ClN3O8S. The molecule has 11 nitrogen and oxygen atoms in total. The van der Waals surface area contributed by atoms with Crippen molar-refractivity contribution in [2.75, 3.05) is 0 Å². The normalized spacial score (nSPS) is 19.7. The van der Waals surface area contributed by atoms with Gasteiger partial charge in [-0.05, 0) is 42.7 Å². The number of nitro benzene ring substituents is 1. The first-order valence-corrected chi connectivity index (χ1v) is 11.6. The molecule has 3 N–H and O–H groups in total. The third kappa shape index (κ3) is 5.47. The Balaban J connectivity index is 1.81. The van der Waals surface area contributed by atoms with E-state index < -0.39 is 45.1 Å². The molecule has 1 fully saturated rings. The van der Waals surface area contributed by atoms with E-state index in [1.807, 2.05) is 0 Å². The van der Waals surface area contributed by atoms with E-state index in [1.54, 1.807) is 24.3 Å². The van der Waals surface area contributed by atoms with Gasteiger partial charge in [-0.15, -0.1) is 0 Å². The topological polar surface area (TPSA) is 167 Å². The van der Waals surface area contributed by atoms with Crippen molar-refractivity contribution in [2.24, 2.45) is 0 Å². The number of nitrogens with zero attached hydrogens (tertiary/aromatic N) is 2. The molecule has 0 spiro atoms. The average molecular weight is 498 g/mol. The Labute approximate surface area is 193 Å². The van der Waals surface area contributed by atoms with E-state index >= 15 is 0 Å². The maximum atomic E-state index is 13.1. The first-order chi connectivity index (χ1) is 15.5. The summed E-state index contributed by atoms with van der Waals surface area (Å²) >= 11 is 5.82. The van der Waals surface area contributed by atoms with Crippen LogP contribution in [0, 0.1) is 10.1 Å². The molecule has 1 unspecified atom stereocenters. The molecule has 3 rings (SSSR count). The van der Waals surface area contributed by atoms with E-state index in [-0.39, 0.29) is 29.8 Å². The highest BCUT2D eigenvalue weighted by Crippen LogP contribution is 2.31. The zero-order valence-corrected chi connectivity index (χ0v) is 18.6. The van der Waals surface area contributed by atoms with Gasteiger partial charge in [0.1, 0.15) is 18.3 Å². The number of carbonyl (C=O) groups excluding carboxylic acids is 1. The monoisotopic (exact) mass is 497 g/mol.